The molecule has 0 radical (unpaired) electrons. The zero-order valence-corrected chi connectivity index (χ0v) is 15.0. The number of amides is 1. The van der Waals surface area contributed by atoms with Crippen LogP contribution in [0.25, 0.3) is 0 Å². The van der Waals surface area contributed by atoms with E-state index in [2.05, 4.69) is 5.32 Å². The number of ether oxygens (including phenoxy) is 3. The Balaban J connectivity index is 1.98. The third-order valence-corrected chi connectivity index (χ3v) is 3.72. The highest BCUT2D eigenvalue weighted by Gasteiger charge is 2.16. The van der Waals surface area contributed by atoms with Crippen LogP contribution >= 0.6 is 23.2 Å². The van der Waals surface area contributed by atoms with Crippen LogP contribution in [0.1, 0.15) is 10.4 Å². The molecule has 0 aliphatic rings. The molecule has 0 saturated carbocycles. The molecule has 0 atom stereocenters. The van der Waals surface area contributed by atoms with Crippen molar-refractivity contribution in [3.63, 3.8) is 0 Å². The monoisotopic (exact) mass is 383 g/mol. The van der Waals surface area contributed by atoms with Gasteiger partial charge in [0, 0.05) is 11.1 Å². The Labute approximate surface area is 154 Å². The van der Waals surface area contributed by atoms with Crippen molar-refractivity contribution in [2.45, 2.75) is 0 Å². The average molecular weight is 384 g/mol. The molecule has 0 aliphatic carbocycles. The Kier molecular flexibility index (Phi) is 6.50. The van der Waals surface area contributed by atoms with Crippen LogP contribution < -0.4 is 14.8 Å². The molecule has 0 aliphatic heterocycles. The van der Waals surface area contributed by atoms with Crippen molar-refractivity contribution in [1.29, 1.82) is 0 Å². The van der Waals surface area contributed by atoms with Crippen molar-refractivity contribution in [1.82, 2.24) is 0 Å². The number of carbonyl (C=O) groups excluding carboxylic acids is 2. The summed E-state index contributed by atoms with van der Waals surface area (Å²) in [4.78, 5) is 24.0. The molecule has 8 heteroatoms. The van der Waals surface area contributed by atoms with E-state index in [0.717, 1.165) is 0 Å². The standard InChI is InChI=1S/C17H15Cl2NO5/c1-23-11-4-5-12(15(8-11)24-2)17(22)25-9-16(21)20-14-6-3-10(18)7-13(14)19/h3-8H,9H2,1-2H3,(H,20,21). The molecule has 0 aromatic heterocycles. The molecule has 2 rings (SSSR count). The lowest BCUT2D eigenvalue weighted by Crippen LogP contribution is -2.21. The summed E-state index contributed by atoms with van der Waals surface area (Å²) in [5.74, 6) is -0.420. The quantitative estimate of drug-likeness (QED) is 0.767. The molecule has 132 valence electrons. The van der Waals surface area contributed by atoms with Crippen LogP contribution in [0.2, 0.25) is 10.0 Å². The van der Waals surface area contributed by atoms with Gasteiger partial charge in [-0.05, 0) is 30.3 Å². The molecule has 0 heterocycles. The first-order valence-electron chi connectivity index (χ1n) is 7.08. The largest absolute Gasteiger partial charge is 0.497 e. The second-order valence-corrected chi connectivity index (χ2v) is 5.66. The lowest BCUT2D eigenvalue weighted by Gasteiger charge is -2.11. The van der Waals surface area contributed by atoms with E-state index in [-0.39, 0.29) is 16.3 Å². The molecule has 0 fully saturated rings. The Morgan fingerprint density at radius 3 is 2.44 bits per heavy atom. The first-order valence-corrected chi connectivity index (χ1v) is 7.84. The Morgan fingerprint density at radius 1 is 1.04 bits per heavy atom. The van der Waals surface area contributed by atoms with Crippen LogP contribution in [-0.2, 0) is 9.53 Å². The van der Waals surface area contributed by atoms with E-state index in [1.165, 1.54) is 26.4 Å². The lowest BCUT2D eigenvalue weighted by atomic mass is 10.2. The van der Waals surface area contributed by atoms with E-state index in [9.17, 15) is 9.59 Å². The number of anilines is 1. The van der Waals surface area contributed by atoms with Crippen molar-refractivity contribution >= 4 is 40.8 Å². The van der Waals surface area contributed by atoms with Gasteiger partial charge in [-0.1, -0.05) is 23.2 Å². The van der Waals surface area contributed by atoms with Gasteiger partial charge in [-0.15, -0.1) is 0 Å². The van der Waals surface area contributed by atoms with Crippen LogP contribution in [-0.4, -0.2) is 32.7 Å². The normalized spacial score (nSPS) is 10.1. The third-order valence-electron chi connectivity index (χ3n) is 3.17. The molecular formula is C17H15Cl2NO5. The molecule has 0 saturated heterocycles. The fourth-order valence-corrected chi connectivity index (χ4v) is 2.41. The maximum absolute atomic E-state index is 12.1. The van der Waals surface area contributed by atoms with Gasteiger partial charge >= 0.3 is 5.97 Å². The van der Waals surface area contributed by atoms with Crippen molar-refractivity contribution in [2.75, 3.05) is 26.1 Å². The van der Waals surface area contributed by atoms with E-state index in [0.29, 0.717) is 16.5 Å². The van der Waals surface area contributed by atoms with E-state index < -0.39 is 18.5 Å². The maximum atomic E-state index is 12.1. The van der Waals surface area contributed by atoms with Gasteiger partial charge < -0.3 is 19.5 Å². The SMILES string of the molecule is COc1ccc(C(=O)OCC(=O)Nc2ccc(Cl)cc2Cl)c(OC)c1. The molecule has 25 heavy (non-hydrogen) atoms. The third kappa shape index (κ3) is 5.01. The second-order valence-electron chi connectivity index (χ2n) is 4.81. The number of nitrogens with one attached hydrogen (secondary N) is 1. The second kappa shape index (κ2) is 8.60. The van der Waals surface area contributed by atoms with E-state index in [1.54, 1.807) is 24.3 Å². The van der Waals surface area contributed by atoms with E-state index >= 15 is 0 Å². The molecule has 2 aromatic carbocycles. The number of rotatable bonds is 6. The zero-order valence-electron chi connectivity index (χ0n) is 13.5. The van der Waals surface area contributed by atoms with Crippen molar-refractivity contribution in [3.05, 3.63) is 52.0 Å². The summed E-state index contributed by atoms with van der Waals surface area (Å²) in [6.07, 6.45) is 0. The van der Waals surface area contributed by atoms with Gasteiger partial charge in [-0.2, -0.15) is 0 Å². The van der Waals surface area contributed by atoms with E-state index in [1.807, 2.05) is 0 Å². The van der Waals surface area contributed by atoms with Gasteiger partial charge in [0.15, 0.2) is 6.61 Å². The molecule has 1 N–H and O–H groups in total. The minimum absolute atomic E-state index is 0.181. The van der Waals surface area contributed by atoms with E-state index in [4.69, 9.17) is 37.4 Å². The van der Waals surface area contributed by atoms with Crippen LogP contribution in [0.3, 0.4) is 0 Å². The molecule has 6 nitrogen and oxygen atoms in total. The Hall–Kier alpha value is -2.44. The summed E-state index contributed by atoms with van der Waals surface area (Å²) in [6, 6.07) is 9.26. The maximum Gasteiger partial charge on any atom is 0.342 e. The van der Waals surface area contributed by atoms with Gasteiger partial charge in [0.25, 0.3) is 5.91 Å². The Bertz CT molecular complexity index is 795. The predicted octanol–water partition coefficient (Wildman–Crippen LogP) is 3.81. The summed E-state index contributed by atoms with van der Waals surface area (Å²) >= 11 is 11.8. The number of hydrogen-bond acceptors (Lipinski definition) is 5. The highest BCUT2D eigenvalue weighted by molar-refractivity contribution is 6.36. The topological polar surface area (TPSA) is 73.9 Å². The highest BCUT2D eigenvalue weighted by Crippen LogP contribution is 2.26. The fraction of sp³-hybridized carbons (Fsp3) is 0.176. The number of carbonyl (C=O) groups is 2. The minimum Gasteiger partial charge on any atom is -0.497 e. The number of hydrogen-bond donors (Lipinski definition) is 1. The number of benzene rings is 2. The first-order chi connectivity index (χ1) is 11.9. The van der Waals surface area contributed by atoms with Crippen LogP contribution in [0.15, 0.2) is 36.4 Å². The molecule has 2 aromatic rings. The summed E-state index contributed by atoms with van der Waals surface area (Å²) in [7, 11) is 2.92. The summed E-state index contributed by atoms with van der Waals surface area (Å²) in [6.45, 7) is -0.479. The molecule has 0 bridgehead atoms. The van der Waals surface area contributed by atoms with Crippen LogP contribution in [0.4, 0.5) is 5.69 Å². The Morgan fingerprint density at radius 2 is 1.80 bits per heavy atom. The van der Waals surface area contributed by atoms with Gasteiger partial charge in [0.05, 0.1) is 24.9 Å². The summed E-state index contributed by atoms with van der Waals surface area (Å²) in [5.41, 5.74) is 0.551. The summed E-state index contributed by atoms with van der Waals surface area (Å²) < 4.78 is 15.2. The van der Waals surface area contributed by atoms with Gasteiger partial charge in [-0.25, -0.2) is 4.79 Å². The number of methoxy groups -OCH3 is 2. The first kappa shape index (κ1) is 18.9. The van der Waals surface area contributed by atoms with Crippen molar-refractivity contribution in [2.24, 2.45) is 0 Å². The van der Waals surface area contributed by atoms with Crippen molar-refractivity contribution < 1.29 is 23.8 Å². The molecule has 0 spiro atoms. The molecular weight excluding hydrogens is 369 g/mol. The zero-order chi connectivity index (χ0) is 18.4. The van der Waals surface area contributed by atoms with Gasteiger partial charge in [0.1, 0.15) is 17.1 Å². The van der Waals surface area contributed by atoms with Gasteiger partial charge in [0.2, 0.25) is 0 Å². The molecule has 0 unspecified atom stereocenters. The van der Waals surface area contributed by atoms with Gasteiger partial charge in [-0.3, -0.25) is 4.79 Å². The highest BCUT2D eigenvalue weighted by atomic mass is 35.5. The number of halogens is 2. The van der Waals surface area contributed by atoms with Crippen LogP contribution in [0.5, 0.6) is 11.5 Å². The number of esters is 1. The lowest BCUT2D eigenvalue weighted by molar-refractivity contribution is -0.119. The fourth-order valence-electron chi connectivity index (χ4n) is 1.95. The smallest absolute Gasteiger partial charge is 0.342 e. The summed E-state index contributed by atoms with van der Waals surface area (Å²) in [5, 5.41) is 3.26. The average Bonchev–Trinajstić information content (AvgIpc) is 2.61. The minimum atomic E-state index is -0.697. The predicted molar refractivity (Wildman–Crippen MR) is 94.9 cm³/mol. The molecule has 1 amide bonds. The van der Waals surface area contributed by atoms with Crippen LogP contribution in [0, 0.1) is 0 Å². The van der Waals surface area contributed by atoms with Crippen molar-refractivity contribution in [3.8, 4) is 11.5 Å².